The lowest BCUT2D eigenvalue weighted by Gasteiger charge is -2.19. The van der Waals surface area contributed by atoms with Gasteiger partial charge in [-0.2, -0.15) is 0 Å². The number of hydrogen-bond acceptors (Lipinski definition) is 5. The molecule has 2 saturated heterocycles. The average Bonchev–Trinajstić information content (AvgIpc) is 2.89. The third kappa shape index (κ3) is 1.92. The SMILES string of the molecule is CC1(C)O[C@H]([C@H](O)CO)[C@@H](C2CO2)O1. The normalized spacial score (nSPS) is 42.4. The van der Waals surface area contributed by atoms with Crippen LogP contribution in [0.4, 0.5) is 0 Å². The molecule has 82 valence electrons. The Labute approximate surface area is 82.6 Å². The summed E-state index contributed by atoms with van der Waals surface area (Å²) in [5.74, 6) is -0.711. The van der Waals surface area contributed by atoms with Gasteiger partial charge in [0.1, 0.15) is 24.4 Å². The van der Waals surface area contributed by atoms with Gasteiger partial charge in [0.05, 0.1) is 13.2 Å². The fourth-order valence-electron chi connectivity index (χ4n) is 1.75. The number of epoxide rings is 1. The topological polar surface area (TPSA) is 71.5 Å². The van der Waals surface area contributed by atoms with Crippen molar-refractivity contribution >= 4 is 0 Å². The van der Waals surface area contributed by atoms with Crippen LogP contribution in [0.15, 0.2) is 0 Å². The number of aliphatic hydroxyl groups excluding tert-OH is 2. The number of aliphatic hydroxyl groups is 2. The molecular weight excluding hydrogens is 188 g/mol. The van der Waals surface area contributed by atoms with Gasteiger partial charge >= 0.3 is 0 Å². The maximum atomic E-state index is 9.53. The molecule has 0 amide bonds. The van der Waals surface area contributed by atoms with E-state index in [9.17, 15) is 5.11 Å². The van der Waals surface area contributed by atoms with Crippen LogP contribution in [0.25, 0.3) is 0 Å². The first kappa shape index (κ1) is 10.3. The second kappa shape index (κ2) is 3.43. The predicted octanol–water partition coefficient (Wildman–Crippen LogP) is -0.742. The van der Waals surface area contributed by atoms with Crippen molar-refractivity contribution in [3.63, 3.8) is 0 Å². The smallest absolute Gasteiger partial charge is 0.164 e. The summed E-state index contributed by atoms with van der Waals surface area (Å²) in [7, 11) is 0. The van der Waals surface area contributed by atoms with Crippen LogP contribution in [0.3, 0.4) is 0 Å². The second-order valence-corrected chi connectivity index (χ2v) is 4.19. The minimum atomic E-state index is -0.911. The van der Waals surface area contributed by atoms with E-state index in [2.05, 4.69) is 0 Å². The predicted molar refractivity (Wildman–Crippen MR) is 46.7 cm³/mol. The minimum absolute atomic E-state index is 0.00275. The summed E-state index contributed by atoms with van der Waals surface area (Å²) in [6, 6.07) is 0. The minimum Gasteiger partial charge on any atom is -0.394 e. The van der Waals surface area contributed by atoms with Crippen LogP contribution in [-0.4, -0.2) is 53.6 Å². The molecule has 0 bridgehead atoms. The molecule has 2 aliphatic rings. The second-order valence-electron chi connectivity index (χ2n) is 4.19. The highest BCUT2D eigenvalue weighted by atomic mass is 16.8. The van der Waals surface area contributed by atoms with E-state index in [1.165, 1.54) is 0 Å². The van der Waals surface area contributed by atoms with Gasteiger partial charge in [-0.15, -0.1) is 0 Å². The van der Waals surface area contributed by atoms with Crippen molar-refractivity contribution in [3.05, 3.63) is 0 Å². The van der Waals surface area contributed by atoms with Crippen molar-refractivity contribution in [1.82, 2.24) is 0 Å². The van der Waals surface area contributed by atoms with Crippen LogP contribution in [0.5, 0.6) is 0 Å². The van der Waals surface area contributed by atoms with Gasteiger partial charge in [0, 0.05) is 0 Å². The van der Waals surface area contributed by atoms with Crippen LogP contribution >= 0.6 is 0 Å². The fourth-order valence-corrected chi connectivity index (χ4v) is 1.75. The van der Waals surface area contributed by atoms with Gasteiger partial charge in [-0.1, -0.05) is 0 Å². The highest BCUT2D eigenvalue weighted by molar-refractivity contribution is 4.95. The third-order valence-electron chi connectivity index (χ3n) is 2.46. The first-order valence-corrected chi connectivity index (χ1v) is 4.79. The molecule has 2 rings (SSSR count). The Morgan fingerprint density at radius 1 is 1.43 bits per heavy atom. The molecule has 5 nitrogen and oxygen atoms in total. The van der Waals surface area contributed by atoms with Crippen LogP contribution in [-0.2, 0) is 14.2 Å². The monoisotopic (exact) mass is 204 g/mol. The van der Waals surface area contributed by atoms with Gasteiger partial charge < -0.3 is 24.4 Å². The van der Waals surface area contributed by atoms with Gasteiger partial charge in [0.15, 0.2) is 5.79 Å². The van der Waals surface area contributed by atoms with Gasteiger partial charge in [0.2, 0.25) is 0 Å². The van der Waals surface area contributed by atoms with E-state index in [4.69, 9.17) is 19.3 Å². The molecule has 2 aliphatic heterocycles. The summed E-state index contributed by atoms with van der Waals surface area (Å²) >= 11 is 0. The maximum absolute atomic E-state index is 9.53. The standard InChI is InChI=1S/C9H16O5/c1-9(2)13-7(5(11)3-10)8(14-9)6-4-12-6/h5-8,10-11H,3-4H2,1-2H3/t5-,6?,7-,8-/m1/s1. The zero-order valence-corrected chi connectivity index (χ0v) is 8.34. The molecule has 0 radical (unpaired) electrons. The molecule has 0 aromatic heterocycles. The summed E-state index contributed by atoms with van der Waals surface area (Å²) in [5.41, 5.74) is 0. The molecule has 2 fully saturated rings. The van der Waals surface area contributed by atoms with Gasteiger partial charge in [-0.25, -0.2) is 0 Å². The van der Waals surface area contributed by atoms with E-state index in [0.29, 0.717) is 6.61 Å². The highest BCUT2D eigenvalue weighted by Gasteiger charge is 2.51. The molecule has 1 unspecified atom stereocenters. The quantitative estimate of drug-likeness (QED) is 0.592. The summed E-state index contributed by atoms with van der Waals surface area (Å²) < 4.78 is 16.2. The Balaban J connectivity index is 2.05. The van der Waals surface area contributed by atoms with Crippen LogP contribution in [0.1, 0.15) is 13.8 Å². The lowest BCUT2D eigenvalue weighted by molar-refractivity contribution is -0.158. The van der Waals surface area contributed by atoms with Crippen LogP contribution in [0, 0.1) is 0 Å². The molecule has 0 aromatic rings. The van der Waals surface area contributed by atoms with Crippen molar-refractivity contribution in [2.75, 3.05) is 13.2 Å². The summed E-state index contributed by atoms with van der Waals surface area (Å²) in [6.07, 6.45) is -1.68. The summed E-state index contributed by atoms with van der Waals surface area (Å²) in [6.45, 7) is 3.88. The van der Waals surface area contributed by atoms with Crippen molar-refractivity contribution in [2.45, 2.75) is 44.1 Å². The van der Waals surface area contributed by atoms with E-state index >= 15 is 0 Å². The van der Waals surface area contributed by atoms with Gasteiger partial charge in [-0.05, 0) is 13.8 Å². The Hall–Kier alpha value is -0.200. The van der Waals surface area contributed by atoms with Crippen molar-refractivity contribution < 1.29 is 24.4 Å². The van der Waals surface area contributed by atoms with E-state index in [-0.39, 0.29) is 18.8 Å². The van der Waals surface area contributed by atoms with Crippen molar-refractivity contribution in [1.29, 1.82) is 0 Å². The Morgan fingerprint density at radius 2 is 2.07 bits per heavy atom. The van der Waals surface area contributed by atoms with Gasteiger partial charge in [0.25, 0.3) is 0 Å². The fraction of sp³-hybridized carbons (Fsp3) is 1.00. The molecule has 0 aromatic carbocycles. The van der Waals surface area contributed by atoms with Crippen LogP contribution in [0.2, 0.25) is 0 Å². The van der Waals surface area contributed by atoms with E-state index in [0.717, 1.165) is 0 Å². The van der Waals surface area contributed by atoms with E-state index < -0.39 is 18.0 Å². The molecule has 0 spiro atoms. The van der Waals surface area contributed by atoms with Crippen LogP contribution < -0.4 is 0 Å². The maximum Gasteiger partial charge on any atom is 0.164 e. The molecule has 4 atom stereocenters. The first-order chi connectivity index (χ1) is 6.53. The van der Waals surface area contributed by atoms with E-state index in [1.54, 1.807) is 13.8 Å². The largest absolute Gasteiger partial charge is 0.394 e. The lowest BCUT2D eigenvalue weighted by atomic mass is 10.1. The first-order valence-electron chi connectivity index (χ1n) is 4.79. The molecule has 2 heterocycles. The Bertz CT molecular complexity index is 213. The molecule has 14 heavy (non-hydrogen) atoms. The molecule has 0 aliphatic carbocycles. The number of hydrogen-bond donors (Lipinski definition) is 2. The highest BCUT2D eigenvalue weighted by Crippen LogP contribution is 2.35. The molecular formula is C9H16O5. The van der Waals surface area contributed by atoms with Crippen molar-refractivity contribution in [2.24, 2.45) is 0 Å². The summed E-state index contributed by atoms with van der Waals surface area (Å²) in [4.78, 5) is 0. The van der Waals surface area contributed by atoms with Crippen molar-refractivity contribution in [3.8, 4) is 0 Å². The van der Waals surface area contributed by atoms with Gasteiger partial charge in [-0.3, -0.25) is 0 Å². The molecule has 5 heteroatoms. The Kier molecular flexibility index (Phi) is 2.53. The zero-order chi connectivity index (χ0) is 10.3. The third-order valence-corrected chi connectivity index (χ3v) is 2.46. The number of ether oxygens (including phenoxy) is 3. The molecule has 0 saturated carbocycles. The number of rotatable bonds is 3. The summed E-state index contributed by atoms with van der Waals surface area (Å²) in [5, 5.41) is 18.4. The molecule has 2 N–H and O–H groups in total. The zero-order valence-electron chi connectivity index (χ0n) is 8.34. The lowest BCUT2D eigenvalue weighted by Crippen LogP contribution is -2.40. The van der Waals surface area contributed by atoms with E-state index in [1.807, 2.05) is 0 Å². The Morgan fingerprint density at radius 3 is 2.57 bits per heavy atom. The average molecular weight is 204 g/mol.